The Kier molecular flexibility index (Phi) is 8.76. The fraction of sp³-hybridized carbons (Fsp3) is 0.0714. The highest BCUT2D eigenvalue weighted by Gasteiger charge is 2.27. The molecule has 1 heterocycles. The van der Waals surface area contributed by atoms with Gasteiger partial charge < -0.3 is 9.32 Å². The molecule has 10 rings (SSSR count). The molecule has 0 amide bonds. The van der Waals surface area contributed by atoms with Crippen LogP contribution in [0, 0.1) is 0 Å². The predicted octanol–water partition coefficient (Wildman–Crippen LogP) is 16.2. The van der Waals surface area contributed by atoms with Crippen LogP contribution in [0.5, 0.6) is 0 Å². The molecule has 58 heavy (non-hydrogen) atoms. The normalized spacial score (nSPS) is 11.7. The lowest BCUT2D eigenvalue weighted by molar-refractivity contribution is 0.568. The van der Waals surface area contributed by atoms with E-state index >= 15 is 0 Å². The van der Waals surface area contributed by atoms with E-state index in [1.54, 1.807) is 0 Å². The average molecular weight is 746 g/mol. The maximum absolute atomic E-state index is 6.71. The van der Waals surface area contributed by atoms with Crippen molar-refractivity contribution in [1.29, 1.82) is 0 Å². The van der Waals surface area contributed by atoms with Crippen molar-refractivity contribution in [2.45, 2.75) is 26.2 Å². The van der Waals surface area contributed by atoms with Crippen LogP contribution in [0.3, 0.4) is 0 Å². The number of nitrogens with zero attached hydrogens (tertiary/aromatic N) is 1. The molecule has 10 aromatic rings. The minimum absolute atomic E-state index is 0.126. The Bertz CT molecular complexity index is 3080. The summed E-state index contributed by atoms with van der Waals surface area (Å²) < 4.78 is 6.71. The second-order valence-electron chi connectivity index (χ2n) is 16.1. The monoisotopic (exact) mass is 745 g/mol. The fourth-order valence-electron chi connectivity index (χ4n) is 8.68. The summed E-state index contributed by atoms with van der Waals surface area (Å²) in [6.07, 6.45) is 0. The number of hydrogen-bond donors (Lipinski definition) is 0. The predicted molar refractivity (Wildman–Crippen MR) is 246 cm³/mol. The van der Waals surface area contributed by atoms with Crippen molar-refractivity contribution in [1.82, 2.24) is 0 Å². The molecule has 0 fully saturated rings. The lowest BCUT2D eigenvalue weighted by Gasteiger charge is -2.28. The maximum atomic E-state index is 6.71. The number of benzene rings is 9. The number of furan rings is 1. The minimum Gasteiger partial charge on any atom is -0.456 e. The number of rotatable bonds is 7. The van der Waals surface area contributed by atoms with E-state index in [1.165, 1.54) is 49.4 Å². The van der Waals surface area contributed by atoms with Crippen molar-refractivity contribution < 1.29 is 4.42 Å². The van der Waals surface area contributed by atoms with Crippen molar-refractivity contribution in [2.24, 2.45) is 0 Å². The Labute approximate surface area is 340 Å². The van der Waals surface area contributed by atoms with Gasteiger partial charge in [-0.25, -0.2) is 0 Å². The van der Waals surface area contributed by atoms with Gasteiger partial charge in [0.1, 0.15) is 11.3 Å². The summed E-state index contributed by atoms with van der Waals surface area (Å²) in [6, 6.07) is 74.3. The van der Waals surface area contributed by atoms with Crippen molar-refractivity contribution in [3.05, 3.63) is 212 Å². The highest BCUT2D eigenvalue weighted by molar-refractivity contribution is 6.13. The van der Waals surface area contributed by atoms with Gasteiger partial charge in [0, 0.05) is 33.5 Å². The molecule has 0 bridgehead atoms. The van der Waals surface area contributed by atoms with Gasteiger partial charge in [0.2, 0.25) is 0 Å². The van der Waals surface area contributed by atoms with Crippen LogP contribution < -0.4 is 4.90 Å². The van der Waals surface area contributed by atoms with E-state index in [0.717, 1.165) is 50.5 Å². The molecule has 2 heteroatoms. The summed E-state index contributed by atoms with van der Waals surface area (Å²) in [5.41, 5.74) is 13.4. The SMILES string of the molecule is CC(C)(C)c1c(-c2cccc(N(c3ccc(-c4cc5ccccc5c5ccccc45)cc3)c3ccccc3-c3ccc(-c4ccccc4)cc3)c2)oc2ccccc12. The number of fused-ring (bicyclic) bond motifs is 4. The highest BCUT2D eigenvalue weighted by atomic mass is 16.3. The summed E-state index contributed by atoms with van der Waals surface area (Å²) in [6.45, 7) is 6.80. The van der Waals surface area contributed by atoms with E-state index in [0.29, 0.717) is 0 Å². The first kappa shape index (κ1) is 35.3. The highest BCUT2D eigenvalue weighted by Crippen LogP contribution is 2.46. The zero-order chi connectivity index (χ0) is 39.2. The van der Waals surface area contributed by atoms with Crippen LogP contribution in [0.2, 0.25) is 0 Å². The van der Waals surface area contributed by atoms with Crippen LogP contribution in [0.4, 0.5) is 17.1 Å². The molecule has 0 aliphatic heterocycles. The molecule has 0 aliphatic rings. The van der Waals surface area contributed by atoms with Gasteiger partial charge in [0.05, 0.1) is 5.69 Å². The first-order chi connectivity index (χ1) is 28.4. The molecule has 0 N–H and O–H groups in total. The second-order valence-corrected chi connectivity index (χ2v) is 16.1. The third-order valence-electron chi connectivity index (χ3n) is 11.4. The van der Waals surface area contributed by atoms with Gasteiger partial charge in [-0.3, -0.25) is 0 Å². The van der Waals surface area contributed by atoms with Crippen molar-refractivity contribution in [3.63, 3.8) is 0 Å². The Morgan fingerprint density at radius 1 is 0.379 bits per heavy atom. The molecular formula is C56H43NO. The van der Waals surface area contributed by atoms with E-state index in [2.05, 4.69) is 226 Å². The number of anilines is 3. The molecule has 0 saturated carbocycles. The maximum Gasteiger partial charge on any atom is 0.139 e. The van der Waals surface area contributed by atoms with Crippen molar-refractivity contribution in [3.8, 4) is 44.7 Å². The lowest BCUT2D eigenvalue weighted by atomic mass is 9.83. The van der Waals surface area contributed by atoms with E-state index in [1.807, 2.05) is 6.07 Å². The number of hydrogen-bond acceptors (Lipinski definition) is 2. The molecule has 9 aromatic carbocycles. The topological polar surface area (TPSA) is 16.4 Å². The lowest BCUT2D eigenvalue weighted by Crippen LogP contribution is -2.12. The summed E-state index contributed by atoms with van der Waals surface area (Å²) in [5.74, 6) is 0.916. The molecule has 0 saturated heterocycles. The summed E-state index contributed by atoms with van der Waals surface area (Å²) >= 11 is 0. The standard InChI is InChI=1S/C56H43NO/c1-56(2,3)54-50-25-12-14-27-53(50)58-55(54)43-19-15-20-45(36-43)57(52-26-13-11-22-47(52)40-30-28-39(29-31-40)38-16-5-4-6-17-38)44-34-32-41(33-35-44)51-37-42-18-7-8-21-46(42)48-23-9-10-24-49(48)51/h4-37H,1-3H3. The van der Waals surface area contributed by atoms with Crippen LogP contribution in [-0.4, -0.2) is 0 Å². The van der Waals surface area contributed by atoms with Gasteiger partial charge in [0.15, 0.2) is 0 Å². The molecule has 0 aliphatic carbocycles. The van der Waals surface area contributed by atoms with E-state index < -0.39 is 0 Å². The Hall–Kier alpha value is -7.16. The molecule has 1 aromatic heterocycles. The molecule has 0 radical (unpaired) electrons. The van der Waals surface area contributed by atoms with Gasteiger partial charge in [0.25, 0.3) is 0 Å². The Morgan fingerprint density at radius 2 is 0.948 bits per heavy atom. The third kappa shape index (κ3) is 6.33. The van der Waals surface area contributed by atoms with Gasteiger partial charge >= 0.3 is 0 Å². The number of para-hydroxylation sites is 2. The average Bonchev–Trinajstić information content (AvgIpc) is 3.68. The molecule has 278 valence electrons. The van der Waals surface area contributed by atoms with Crippen LogP contribution in [0.15, 0.2) is 211 Å². The van der Waals surface area contributed by atoms with Gasteiger partial charge in [-0.15, -0.1) is 0 Å². The quantitative estimate of drug-likeness (QED) is 0.151. The van der Waals surface area contributed by atoms with Crippen LogP contribution >= 0.6 is 0 Å². The second kappa shape index (κ2) is 14.4. The molecule has 0 atom stereocenters. The first-order valence-electron chi connectivity index (χ1n) is 20.1. The van der Waals surface area contributed by atoms with Crippen molar-refractivity contribution >= 4 is 49.6 Å². The van der Waals surface area contributed by atoms with Crippen LogP contribution in [0.25, 0.3) is 77.2 Å². The summed E-state index contributed by atoms with van der Waals surface area (Å²) in [7, 11) is 0. The zero-order valence-corrected chi connectivity index (χ0v) is 33.0. The van der Waals surface area contributed by atoms with E-state index in [9.17, 15) is 0 Å². The van der Waals surface area contributed by atoms with Gasteiger partial charge in [-0.1, -0.05) is 185 Å². The molecule has 0 spiro atoms. The third-order valence-corrected chi connectivity index (χ3v) is 11.4. The zero-order valence-electron chi connectivity index (χ0n) is 33.0. The van der Waals surface area contributed by atoms with E-state index in [-0.39, 0.29) is 5.41 Å². The van der Waals surface area contributed by atoms with E-state index in [4.69, 9.17) is 4.42 Å². The van der Waals surface area contributed by atoms with Crippen LogP contribution in [0.1, 0.15) is 26.3 Å². The van der Waals surface area contributed by atoms with Crippen molar-refractivity contribution in [2.75, 3.05) is 4.90 Å². The largest absolute Gasteiger partial charge is 0.456 e. The molecular weight excluding hydrogens is 703 g/mol. The van der Waals surface area contributed by atoms with Gasteiger partial charge in [-0.2, -0.15) is 0 Å². The van der Waals surface area contributed by atoms with Crippen LogP contribution in [-0.2, 0) is 5.41 Å². The fourth-order valence-corrected chi connectivity index (χ4v) is 8.68. The molecule has 0 unspecified atom stereocenters. The Morgan fingerprint density at radius 3 is 1.72 bits per heavy atom. The van der Waals surface area contributed by atoms with Gasteiger partial charge in [-0.05, 0) is 97.2 Å². The molecule has 2 nitrogen and oxygen atoms in total. The smallest absolute Gasteiger partial charge is 0.139 e. The minimum atomic E-state index is -0.126. The summed E-state index contributed by atoms with van der Waals surface area (Å²) in [4.78, 5) is 2.39. The first-order valence-corrected chi connectivity index (χ1v) is 20.1. The Balaban J connectivity index is 1.14. The summed E-state index contributed by atoms with van der Waals surface area (Å²) in [5, 5.41) is 6.20.